The minimum absolute atomic E-state index is 0.662. The fourth-order valence-electron chi connectivity index (χ4n) is 2.11. The number of allylic oxidation sites excluding steroid dienone is 4. The van der Waals surface area contributed by atoms with Gasteiger partial charge in [0.1, 0.15) is 0 Å². The van der Waals surface area contributed by atoms with Crippen molar-refractivity contribution in [1.82, 2.24) is 0 Å². The third-order valence-electron chi connectivity index (χ3n) is 2.80. The molecule has 0 N–H and O–H groups in total. The van der Waals surface area contributed by atoms with Gasteiger partial charge in [-0.2, -0.15) is 0 Å². The van der Waals surface area contributed by atoms with Gasteiger partial charge in [0.05, 0.1) is 0 Å². The molecule has 11 heavy (non-hydrogen) atoms. The van der Waals surface area contributed by atoms with E-state index in [1.54, 1.807) is 0 Å². The summed E-state index contributed by atoms with van der Waals surface area (Å²) in [6.07, 6.45) is 11.7. The predicted octanol–water partition coefficient (Wildman–Crippen LogP) is 3.49. The summed E-state index contributed by atoms with van der Waals surface area (Å²) in [6.45, 7) is 0. The number of rotatable bonds is 0. The van der Waals surface area contributed by atoms with Gasteiger partial charge in [-0.25, -0.2) is 0 Å². The third kappa shape index (κ3) is 1.37. The van der Waals surface area contributed by atoms with Crippen molar-refractivity contribution in [2.75, 3.05) is 0 Å². The maximum atomic E-state index is 6.12. The lowest BCUT2D eigenvalue weighted by atomic mass is 9.77. The highest BCUT2D eigenvalue weighted by molar-refractivity contribution is 6.29. The van der Waals surface area contributed by atoms with Gasteiger partial charge in [-0.05, 0) is 31.6 Å². The summed E-state index contributed by atoms with van der Waals surface area (Å²) in [5.74, 6) is 1.51. The molecular formula is C10H13Cl. The van der Waals surface area contributed by atoms with Gasteiger partial charge in [-0.15, -0.1) is 0 Å². The smallest absolute Gasteiger partial charge is 0.0178 e. The SMILES string of the molecule is ClC1=CCCC2CC=CCC12. The van der Waals surface area contributed by atoms with E-state index in [0.29, 0.717) is 5.92 Å². The van der Waals surface area contributed by atoms with Crippen LogP contribution in [0.2, 0.25) is 0 Å². The van der Waals surface area contributed by atoms with Crippen LogP contribution in [0.4, 0.5) is 0 Å². The Labute approximate surface area is 72.9 Å². The Morgan fingerprint density at radius 3 is 2.91 bits per heavy atom. The summed E-state index contributed by atoms with van der Waals surface area (Å²) in [7, 11) is 0. The predicted molar refractivity (Wildman–Crippen MR) is 48.5 cm³/mol. The van der Waals surface area contributed by atoms with Gasteiger partial charge in [0.25, 0.3) is 0 Å². The average molecular weight is 169 g/mol. The number of halogens is 1. The van der Waals surface area contributed by atoms with Gasteiger partial charge < -0.3 is 0 Å². The average Bonchev–Trinajstić information content (AvgIpc) is 2.06. The van der Waals surface area contributed by atoms with Gasteiger partial charge in [0.15, 0.2) is 0 Å². The van der Waals surface area contributed by atoms with Gasteiger partial charge in [-0.3, -0.25) is 0 Å². The fraction of sp³-hybridized carbons (Fsp3) is 0.600. The van der Waals surface area contributed by atoms with E-state index in [2.05, 4.69) is 18.2 Å². The van der Waals surface area contributed by atoms with E-state index < -0.39 is 0 Å². The Morgan fingerprint density at radius 1 is 1.27 bits per heavy atom. The summed E-state index contributed by atoms with van der Waals surface area (Å²) in [4.78, 5) is 0. The lowest BCUT2D eigenvalue weighted by Crippen LogP contribution is -2.19. The molecule has 1 heteroatoms. The molecule has 0 aromatic carbocycles. The minimum Gasteiger partial charge on any atom is -0.0892 e. The molecule has 0 amide bonds. The molecule has 2 rings (SSSR count). The summed E-state index contributed by atoms with van der Waals surface area (Å²) < 4.78 is 0. The minimum atomic E-state index is 0.662. The molecule has 0 fully saturated rings. The topological polar surface area (TPSA) is 0 Å². The molecule has 0 bridgehead atoms. The van der Waals surface area contributed by atoms with Crippen LogP contribution in [-0.4, -0.2) is 0 Å². The lowest BCUT2D eigenvalue weighted by molar-refractivity contribution is 0.342. The molecular weight excluding hydrogens is 156 g/mol. The Hall–Kier alpha value is -0.230. The van der Waals surface area contributed by atoms with E-state index in [0.717, 1.165) is 11.0 Å². The second-order valence-electron chi connectivity index (χ2n) is 3.48. The Kier molecular flexibility index (Phi) is 2.04. The van der Waals surface area contributed by atoms with Crippen LogP contribution in [0.25, 0.3) is 0 Å². The van der Waals surface area contributed by atoms with Crippen LogP contribution in [0.5, 0.6) is 0 Å². The molecule has 2 unspecified atom stereocenters. The van der Waals surface area contributed by atoms with E-state index in [-0.39, 0.29) is 0 Å². The lowest BCUT2D eigenvalue weighted by Gasteiger charge is -2.31. The molecule has 0 aromatic rings. The van der Waals surface area contributed by atoms with Gasteiger partial charge in [0.2, 0.25) is 0 Å². The van der Waals surface area contributed by atoms with E-state index in [1.807, 2.05) is 0 Å². The van der Waals surface area contributed by atoms with Gasteiger partial charge >= 0.3 is 0 Å². The maximum absolute atomic E-state index is 6.12. The summed E-state index contributed by atoms with van der Waals surface area (Å²) in [5.41, 5.74) is 0. The molecule has 0 aliphatic heterocycles. The van der Waals surface area contributed by atoms with Crippen molar-refractivity contribution in [1.29, 1.82) is 0 Å². The van der Waals surface area contributed by atoms with Crippen LogP contribution in [0.15, 0.2) is 23.3 Å². The maximum Gasteiger partial charge on any atom is 0.0178 e. The molecule has 2 atom stereocenters. The Bertz CT molecular complexity index is 203. The van der Waals surface area contributed by atoms with Crippen molar-refractivity contribution in [3.05, 3.63) is 23.3 Å². The van der Waals surface area contributed by atoms with Crippen LogP contribution >= 0.6 is 11.6 Å². The molecule has 0 saturated heterocycles. The monoisotopic (exact) mass is 168 g/mol. The zero-order valence-electron chi connectivity index (χ0n) is 6.59. The number of hydrogen-bond donors (Lipinski definition) is 0. The number of hydrogen-bond acceptors (Lipinski definition) is 0. The highest BCUT2D eigenvalue weighted by Gasteiger charge is 2.26. The van der Waals surface area contributed by atoms with Crippen molar-refractivity contribution >= 4 is 11.6 Å². The first-order valence-electron chi connectivity index (χ1n) is 4.38. The third-order valence-corrected chi connectivity index (χ3v) is 3.23. The first-order chi connectivity index (χ1) is 5.38. The second kappa shape index (κ2) is 3.02. The summed E-state index contributed by atoms with van der Waals surface area (Å²) in [6, 6.07) is 0. The molecule has 60 valence electrons. The fourth-order valence-corrected chi connectivity index (χ4v) is 2.49. The largest absolute Gasteiger partial charge is 0.0892 e. The van der Waals surface area contributed by atoms with E-state index in [1.165, 1.54) is 25.7 Å². The summed E-state index contributed by atoms with van der Waals surface area (Å²) >= 11 is 6.12. The first kappa shape index (κ1) is 7.42. The zero-order chi connectivity index (χ0) is 7.68. The van der Waals surface area contributed by atoms with Crippen molar-refractivity contribution in [2.24, 2.45) is 11.8 Å². The van der Waals surface area contributed by atoms with Crippen LogP contribution in [0.1, 0.15) is 25.7 Å². The van der Waals surface area contributed by atoms with Crippen molar-refractivity contribution in [2.45, 2.75) is 25.7 Å². The highest BCUT2D eigenvalue weighted by Crippen LogP contribution is 2.39. The van der Waals surface area contributed by atoms with E-state index in [9.17, 15) is 0 Å². The molecule has 0 radical (unpaired) electrons. The molecule has 2 aliphatic carbocycles. The highest BCUT2D eigenvalue weighted by atomic mass is 35.5. The standard InChI is InChI=1S/C10H13Cl/c11-10-7-3-5-8-4-1-2-6-9(8)10/h1-2,7-9H,3-6H2. The van der Waals surface area contributed by atoms with Gasteiger partial charge in [-0.1, -0.05) is 29.8 Å². The van der Waals surface area contributed by atoms with Crippen molar-refractivity contribution < 1.29 is 0 Å². The first-order valence-corrected chi connectivity index (χ1v) is 4.76. The molecule has 0 heterocycles. The zero-order valence-corrected chi connectivity index (χ0v) is 7.35. The Morgan fingerprint density at radius 2 is 2.09 bits per heavy atom. The van der Waals surface area contributed by atoms with Gasteiger partial charge in [0, 0.05) is 11.0 Å². The van der Waals surface area contributed by atoms with E-state index in [4.69, 9.17) is 11.6 Å². The van der Waals surface area contributed by atoms with Crippen molar-refractivity contribution in [3.8, 4) is 0 Å². The van der Waals surface area contributed by atoms with Crippen molar-refractivity contribution in [3.63, 3.8) is 0 Å². The molecule has 2 aliphatic rings. The molecule has 0 aromatic heterocycles. The Balaban J connectivity index is 2.18. The van der Waals surface area contributed by atoms with Crippen LogP contribution < -0.4 is 0 Å². The van der Waals surface area contributed by atoms with Crippen LogP contribution in [0.3, 0.4) is 0 Å². The quantitative estimate of drug-likeness (QED) is 0.486. The van der Waals surface area contributed by atoms with E-state index >= 15 is 0 Å². The molecule has 0 nitrogen and oxygen atoms in total. The second-order valence-corrected chi connectivity index (χ2v) is 3.91. The number of fused-ring (bicyclic) bond motifs is 1. The van der Waals surface area contributed by atoms with Crippen LogP contribution in [0, 0.1) is 11.8 Å². The molecule has 0 spiro atoms. The van der Waals surface area contributed by atoms with Crippen LogP contribution in [-0.2, 0) is 0 Å². The summed E-state index contributed by atoms with van der Waals surface area (Å²) in [5, 5.41) is 1.12. The normalized spacial score (nSPS) is 36.3. The molecule has 0 saturated carbocycles.